The van der Waals surface area contributed by atoms with Crippen molar-refractivity contribution in [2.24, 2.45) is 0 Å². The van der Waals surface area contributed by atoms with Crippen LogP contribution in [0.3, 0.4) is 0 Å². The minimum atomic E-state index is -0.573. The lowest BCUT2D eigenvalue weighted by Gasteiger charge is -2.22. The number of hydrogen-bond donors (Lipinski definition) is 0. The lowest BCUT2D eigenvalue weighted by atomic mass is 10.1. The number of nitrogens with zero attached hydrogens (tertiary/aromatic N) is 3. The van der Waals surface area contributed by atoms with Crippen molar-refractivity contribution < 1.29 is 18.9 Å². The minimum Gasteiger partial charge on any atom is -0.337 e. The molecule has 0 aliphatic carbocycles. The molecule has 0 radical (unpaired) electrons. The molecule has 27 heavy (non-hydrogen) atoms. The largest absolute Gasteiger partial charge is 0.337 e. The number of halogens is 1. The molecule has 1 aliphatic rings. The van der Waals surface area contributed by atoms with Gasteiger partial charge in [0, 0.05) is 43.9 Å². The summed E-state index contributed by atoms with van der Waals surface area (Å²) in [6.45, 7) is 1.38. The summed E-state index contributed by atoms with van der Waals surface area (Å²) in [6.07, 6.45) is 0.543. The second-order valence-corrected chi connectivity index (χ2v) is 6.23. The highest BCUT2D eigenvalue weighted by Crippen LogP contribution is 2.17. The summed E-state index contributed by atoms with van der Waals surface area (Å²) in [5.41, 5.74) is 0.0982. The summed E-state index contributed by atoms with van der Waals surface area (Å²) in [5.74, 6) is -1.30. The number of amides is 2. The smallest absolute Gasteiger partial charge is 0.270 e. The number of hydrogen-bond acceptors (Lipinski definition) is 4. The number of carbonyl (C=O) groups is 2. The van der Waals surface area contributed by atoms with Crippen LogP contribution in [0.1, 0.15) is 27.1 Å². The van der Waals surface area contributed by atoms with E-state index in [0.29, 0.717) is 19.5 Å². The van der Waals surface area contributed by atoms with E-state index in [1.165, 1.54) is 47.4 Å². The van der Waals surface area contributed by atoms with Crippen molar-refractivity contribution in [3.8, 4) is 0 Å². The van der Waals surface area contributed by atoms with E-state index in [0.717, 1.165) is 0 Å². The van der Waals surface area contributed by atoms with Gasteiger partial charge in [0.1, 0.15) is 5.82 Å². The van der Waals surface area contributed by atoms with Crippen molar-refractivity contribution in [1.29, 1.82) is 0 Å². The molecule has 1 heterocycles. The maximum Gasteiger partial charge on any atom is 0.270 e. The summed E-state index contributed by atoms with van der Waals surface area (Å²) in [6, 6.07) is 11.4. The van der Waals surface area contributed by atoms with E-state index in [2.05, 4.69) is 0 Å². The number of benzene rings is 2. The van der Waals surface area contributed by atoms with Gasteiger partial charge in [-0.3, -0.25) is 19.7 Å². The Morgan fingerprint density at radius 1 is 0.926 bits per heavy atom. The summed E-state index contributed by atoms with van der Waals surface area (Å²) < 4.78 is 13.9. The first-order valence-electron chi connectivity index (χ1n) is 8.55. The Hall–Kier alpha value is -3.29. The molecule has 2 aromatic rings. The number of non-ortho nitro benzene ring substituents is 1. The molecule has 8 heteroatoms. The minimum absolute atomic E-state index is 0.0101. The molecule has 1 saturated heterocycles. The van der Waals surface area contributed by atoms with Crippen molar-refractivity contribution in [2.75, 3.05) is 26.2 Å². The van der Waals surface area contributed by atoms with Crippen LogP contribution in [-0.4, -0.2) is 52.7 Å². The third-order valence-electron chi connectivity index (χ3n) is 4.48. The standard InChI is InChI=1S/C19H18FN3O4/c20-17-8-2-1-7-16(17)19(25)22-10-4-9-21(11-12-22)18(24)14-5-3-6-15(13-14)23(26)27/h1-3,5-8,13H,4,9-12H2. The maximum absolute atomic E-state index is 13.9. The highest BCUT2D eigenvalue weighted by atomic mass is 19.1. The molecule has 0 atom stereocenters. The highest BCUT2D eigenvalue weighted by Gasteiger charge is 2.25. The molecule has 0 N–H and O–H groups in total. The van der Waals surface area contributed by atoms with Crippen LogP contribution in [0, 0.1) is 15.9 Å². The SMILES string of the molecule is O=C(c1cccc([N+](=O)[O-])c1)N1CCCN(C(=O)c2ccccc2F)CC1. The number of nitro groups is 1. The Bertz CT molecular complexity index is 887. The van der Waals surface area contributed by atoms with Crippen LogP contribution in [0.25, 0.3) is 0 Å². The van der Waals surface area contributed by atoms with Crippen LogP contribution < -0.4 is 0 Å². The van der Waals surface area contributed by atoms with E-state index in [1.54, 1.807) is 11.0 Å². The Kier molecular flexibility index (Phi) is 5.44. The van der Waals surface area contributed by atoms with Crippen molar-refractivity contribution in [1.82, 2.24) is 9.80 Å². The van der Waals surface area contributed by atoms with E-state index >= 15 is 0 Å². The van der Waals surface area contributed by atoms with Crippen LogP contribution in [0.4, 0.5) is 10.1 Å². The maximum atomic E-state index is 13.9. The van der Waals surface area contributed by atoms with Crippen molar-refractivity contribution >= 4 is 17.5 Å². The Morgan fingerprint density at radius 2 is 1.59 bits per heavy atom. The predicted octanol–water partition coefficient (Wildman–Crippen LogP) is 2.72. The average Bonchev–Trinajstić information content (AvgIpc) is 2.93. The third kappa shape index (κ3) is 4.11. The fourth-order valence-corrected chi connectivity index (χ4v) is 3.06. The monoisotopic (exact) mass is 371 g/mol. The Morgan fingerprint density at radius 3 is 2.26 bits per heavy atom. The van der Waals surface area contributed by atoms with E-state index in [9.17, 15) is 24.1 Å². The van der Waals surface area contributed by atoms with E-state index in [-0.39, 0.29) is 35.8 Å². The van der Waals surface area contributed by atoms with E-state index in [4.69, 9.17) is 0 Å². The van der Waals surface area contributed by atoms with Gasteiger partial charge in [0.2, 0.25) is 0 Å². The zero-order valence-electron chi connectivity index (χ0n) is 14.5. The lowest BCUT2D eigenvalue weighted by molar-refractivity contribution is -0.384. The van der Waals surface area contributed by atoms with Gasteiger partial charge in [0.25, 0.3) is 17.5 Å². The second kappa shape index (κ2) is 7.94. The summed E-state index contributed by atoms with van der Waals surface area (Å²) in [7, 11) is 0. The molecule has 0 saturated carbocycles. The summed E-state index contributed by atoms with van der Waals surface area (Å²) >= 11 is 0. The van der Waals surface area contributed by atoms with Crippen LogP contribution >= 0.6 is 0 Å². The fraction of sp³-hybridized carbons (Fsp3) is 0.263. The van der Waals surface area contributed by atoms with Gasteiger partial charge in [-0.05, 0) is 24.6 Å². The van der Waals surface area contributed by atoms with E-state index < -0.39 is 16.6 Å². The van der Waals surface area contributed by atoms with Gasteiger partial charge < -0.3 is 9.80 Å². The molecule has 7 nitrogen and oxygen atoms in total. The molecule has 0 aromatic heterocycles. The third-order valence-corrected chi connectivity index (χ3v) is 4.48. The molecule has 0 unspecified atom stereocenters. The summed E-state index contributed by atoms with van der Waals surface area (Å²) in [5, 5.41) is 10.9. The molecule has 1 fully saturated rings. The van der Waals surface area contributed by atoms with Gasteiger partial charge in [0.15, 0.2) is 0 Å². The van der Waals surface area contributed by atoms with Gasteiger partial charge in [-0.25, -0.2) is 4.39 Å². The first-order chi connectivity index (χ1) is 13.0. The Labute approximate surface area is 155 Å². The zero-order valence-corrected chi connectivity index (χ0v) is 14.5. The fourth-order valence-electron chi connectivity index (χ4n) is 3.06. The molecule has 3 rings (SSSR count). The average molecular weight is 371 g/mol. The molecule has 1 aliphatic heterocycles. The quantitative estimate of drug-likeness (QED) is 0.613. The van der Waals surface area contributed by atoms with Crippen LogP contribution in [0.15, 0.2) is 48.5 Å². The van der Waals surface area contributed by atoms with Gasteiger partial charge in [0.05, 0.1) is 10.5 Å². The Balaban J connectivity index is 1.70. The van der Waals surface area contributed by atoms with Gasteiger partial charge >= 0.3 is 0 Å². The number of nitro benzene ring substituents is 1. The first-order valence-corrected chi connectivity index (χ1v) is 8.55. The zero-order chi connectivity index (χ0) is 19.4. The lowest BCUT2D eigenvalue weighted by Crippen LogP contribution is -2.37. The molecule has 140 valence electrons. The molecular formula is C19H18FN3O4. The van der Waals surface area contributed by atoms with Crippen LogP contribution in [0.5, 0.6) is 0 Å². The molecule has 0 spiro atoms. The first kappa shape index (κ1) is 18.5. The van der Waals surface area contributed by atoms with Gasteiger partial charge in [-0.2, -0.15) is 0 Å². The van der Waals surface area contributed by atoms with Crippen molar-refractivity contribution in [2.45, 2.75) is 6.42 Å². The van der Waals surface area contributed by atoms with Crippen LogP contribution in [0.2, 0.25) is 0 Å². The molecule has 2 aromatic carbocycles. The summed E-state index contributed by atoms with van der Waals surface area (Å²) in [4.78, 5) is 38.7. The van der Waals surface area contributed by atoms with Crippen molar-refractivity contribution in [3.05, 3.63) is 75.6 Å². The highest BCUT2D eigenvalue weighted by molar-refractivity contribution is 5.96. The number of carbonyl (C=O) groups excluding carboxylic acids is 2. The van der Waals surface area contributed by atoms with Crippen molar-refractivity contribution in [3.63, 3.8) is 0 Å². The number of rotatable bonds is 3. The second-order valence-electron chi connectivity index (χ2n) is 6.23. The van der Waals surface area contributed by atoms with Crippen LogP contribution in [-0.2, 0) is 0 Å². The van der Waals surface area contributed by atoms with Gasteiger partial charge in [-0.15, -0.1) is 0 Å². The van der Waals surface area contributed by atoms with E-state index in [1.807, 2.05) is 0 Å². The van der Waals surface area contributed by atoms with Gasteiger partial charge in [-0.1, -0.05) is 18.2 Å². The molecule has 2 amide bonds. The predicted molar refractivity (Wildman–Crippen MR) is 95.9 cm³/mol. The topological polar surface area (TPSA) is 83.8 Å². The normalized spacial score (nSPS) is 14.6. The molecule has 0 bridgehead atoms. The molecular weight excluding hydrogens is 353 g/mol.